The Hall–Kier alpha value is -1.78. The van der Waals surface area contributed by atoms with Crippen LogP contribution in [0.1, 0.15) is 30.0 Å². The first kappa shape index (κ1) is 23.9. The molecular weight excluding hydrogens is 507 g/mol. The number of furan rings is 1. The second kappa shape index (κ2) is 11.7. The minimum atomic E-state index is 0. The van der Waals surface area contributed by atoms with Gasteiger partial charge in [0, 0.05) is 26.1 Å². The highest BCUT2D eigenvalue weighted by atomic mass is 127. The van der Waals surface area contributed by atoms with Crippen molar-refractivity contribution in [3.8, 4) is 5.75 Å². The zero-order valence-electron chi connectivity index (χ0n) is 18.3. The first-order valence-corrected chi connectivity index (χ1v) is 10.9. The molecule has 0 radical (unpaired) electrons. The van der Waals surface area contributed by atoms with Gasteiger partial charge < -0.3 is 24.5 Å². The quantitative estimate of drug-likeness (QED) is 0.320. The third kappa shape index (κ3) is 6.36. The summed E-state index contributed by atoms with van der Waals surface area (Å²) in [4.78, 5) is 7.28. The second-order valence-corrected chi connectivity index (χ2v) is 7.76. The minimum Gasteiger partial charge on any atom is -0.488 e. The van der Waals surface area contributed by atoms with Crippen LogP contribution >= 0.6 is 24.0 Å². The van der Waals surface area contributed by atoms with Crippen molar-refractivity contribution in [2.75, 3.05) is 45.9 Å². The molecule has 2 N–H and O–H groups in total. The van der Waals surface area contributed by atoms with Gasteiger partial charge in [0.25, 0.3) is 0 Å². The third-order valence-corrected chi connectivity index (χ3v) is 5.55. The van der Waals surface area contributed by atoms with Crippen LogP contribution in [-0.2, 0) is 11.2 Å². The van der Waals surface area contributed by atoms with E-state index in [0.717, 1.165) is 62.5 Å². The number of morpholine rings is 1. The van der Waals surface area contributed by atoms with Crippen molar-refractivity contribution in [2.24, 2.45) is 4.99 Å². The zero-order chi connectivity index (χ0) is 20.8. The lowest BCUT2D eigenvalue weighted by Gasteiger charge is -2.32. The highest BCUT2D eigenvalue weighted by molar-refractivity contribution is 14.0. The number of halogens is 1. The van der Waals surface area contributed by atoms with Crippen LogP contribution in [0.5, 0.6) is 5.75 Å². The fraction of sp³-hybridized carbons (Fsp3) is 0.522. The second-order valence-electron chi connectivity index (χ2n) is 7.76. The van der Waals surface area contributed by atoms with Crippen LogP contribution in [0, 0.1) is 6.92 Å². The maximum atomic E-state index is 6.05. The lowest BCUT2D eigenvalue weighted by molar-refractivity contribution is 0.0135. The number of rotatable bonds is 7. The summed E-state index contributed by atoms with van der Waals surface area (Å²) in [5, 5.41) is 6.80. The first-order chi connectivity index (χ1) is 14.7. The molecule has 1 fully saturated rings. The van der Waals surface area contributed by atoms with E-state index in [-0.39, 0.29) is 36.1 Å². The largest absolute Gasteiger partial charge is 0.488 e. The molecule has 4 rings (SSSR count). The van der Waals surface area contributed by atoms with Crippen molar-refractivity contribution in [2.45, 2.75) is 32.4 Å². The van der Waals surface area contributed by atoms with Crippen LogP contribution in [-0.4, -0.2) is 62.9 Å². The standard InChI is InChI=1S/C23H32N4O3.HI/c1-3-24-23(25-15-19-14-18-6-4-5-7-21(18)30-19)26-16-20(22-9-8-17(2)29-22)27-10-12-28-13-11-27;/h4-9,19-20H,3,10-16H2,1-2H3,(H2,24,25,26);1H. The topological polar surface area (TPSA) is 71.3 Å². The van der Waals surface area contributed by atoms with E-state index >= 15 is 0 Å². The number of hydrogen-bond acceptors (Lipinski definition) is 5. The summed E-state index contributed by atoms with van der Waals surface area (Å²) in [5.41, 5.74) is 1.27. The molecule has 1 saturated heterocycles. The molecule has 2 atom stereocenters. The van der Waals surface area contributed by atoms with Crippen LogP contribution in [0.2, 0.25) is 0 Å². The van der Waals surface area contributed by atoms with Gasteiger partial charge in [-0.2, -0.15) is 0 Å². The van der Waals surface area contributed by atoms with Gasteiger partial charge >= 0.3 is 0 Å². The molecule has 0 saturated carbocycles. The highest BCUT2D eigenvalue weighted by Crippen LogP contribution is 2.28. The Morgan fingerprint density at radius 2 is 1.97 bits per heavy atom. The maximum absolute atomic E-state index is 6.05. The average Bonchev–Trinajstić information content (AvgIpc) is 3.38. The molecule has 1 aromatic carbocycles. The number of nitrogens with one attached hydrogen (secondary N) is 2. The van der Waals surface area contributed by atoms with Crippen LogP contribution in [0.25, 0.3) is 0 Å². The van der Waals surface area contributed by atoms with E-state index in [0.29, 0.717) is 13.1 Å². The molecular formula is C23H33IN4O3. The van der Waals surface area contributed by atoms with Crippen molar-refractivity contribution < 1.29 is 13.9 Å². The molecule has 0 bridgehead atoms. The molecule has 2 aliphatic heterocycles. The first-order valence-electron chi connectivity index (χ1n) is 10.9. The summed E-state index contributed by atoms with van der Waals surface area (Å²) in [7, 11) is 0. The Kier molecular flexibility index (Phi) is 9.03. The van der Waals surface area contributed by atoms with Crippen LogP contribution in [0.4, 0.5) is 0 Å². The van der Waals surface area contributed by atoms with E-state index < -0.39 is 0 Å². The van der Waals surface area contributed by atoms with Gasteiger partial charge in [-0.25, -0.2) is 0 Å². The van der Waals surface area contributed by atoms with E-state index in [2.05, 4.69) is 40.7 Å². The van der Waals surface area contributed by atoms with E-state index in [1.807, 2.05) is 25.1 Å². The van der Waals surface area contributed by atoms with Crippen LogP contribution in [0.3, 0.4) is 0 Å². The molecule has 0 aliphatic carbocycles. The SMILES string of the molecule is CCNC(=NCC(c1ccc(C)o1)N1CCOCC1)NCC1Cc2ccccc2O1.I. The highest BCUT2D eigenvalue weighted by Gasteiger charge is 2.26. The summed E-state index contributed by atoms with van der Waals surface area (Å²) in [6.07, 6.45) is 1.04. The number of ether oxygens (including phenoxy) is 2. The molecule has 8 heteroatoms. The van der Waals surface area contributed by atoms with Gasteiger partial charge in [-0.05, 0) is 37.6 Å². The number of hydrogen-bond donors (Lipinski definition) is 2. The average molecular weight is 540 g/mol. The predicted molar refractivity (Wildman–Crippen MR) is 133 cm³/mol. The van der Waals surface area contributed by atoms with E-state index in [1.54, 1.807) is 0 Å². The van der Waals surface area contributed by atoms with Crippen molar-refractivity contribution >= 4 is 29.9 Å². The predicted octanol–water partition coefficient (Wildman–Crippen LogP) is 3.14. The summed E-state index contributed by atoms with van der Waals surface area (Å²) in [6, 6.07) is 12.4. The van der Waals surface area contributed by atoms with Crippen molar-refractivity contribution in [3.63, 3.8) is 0 Å². The van der Waals surface area contributed by atoms with Gasteiger partial charge in [-0.1, -0.05) is 18.2 Å². The molecule has 3 heterocycles. The molecule has 0 amide bonds. The Morgan fingerprint density at radius 1 is 1.16 bits per heavy atom. The number of aryl methyl sites for hydroxylation is 1. The number of aliphatic imine (C=N–C) groups is 1. The molecule has 2 unspecified atom stereocenters. The van der Waals surface area contributed by atoms with E-state index in [4.69, 9.17) is 18.9 Å². The van der Waals surface area contributed by atoms with E-state index in [9.17, 15) is 0 Å². The van der Waals surface area contributed by atoms with Gasteiger partial charge in [-0.3, -0.25) is 9.89 Å². The van der Waals surface area contributed by atoms with E-state index in [1.165, 1.54) is 5.56 Å². The zero-order valence-corrected chi connectivity index (χ0v) is 20.6. The smallest absolute Gasteiger partial charge is 0.191 e. The Balaban J connectivity index is 0.00000272. The monoisotopic (exact) mass is 540 g/mol. The number of fused-ring (bicyclic) bond motifs is 1. The molecule has 170 valence electrons. The van der Waals surface area contributed by atoms with Crippen LogP contribution < -0.4 is 15.4 Å². The molecule has 0 spiro atoms. The van der Waals surface area contributed by atoms with Gasteiger partial charge in [0.05, 0.1) is 32.3 Å². The maximum Gasteiger partial charge on any atom is 0.191 e. The Morgan fingerprint density at radius 3 is 2.68 bits per heavy atom. The van der Waals surface area contributed by atoms with Gasteiger partial charge in [0.2, 0.25) is 0 Å². The molecule has 7 nitrogen and oxygen atoms in total. The number of para-hydroxylation sites is 1. The van der Waals surface area contributed by atoms with Gasteiger partial charge in [0.1, 0.15) is 23.4 Å². The summed E-state index contributed by atoms with van der Waals surface area (Å²) >= 11 is 0. The lowest BCUT2D eigenvalue weighted by Crippen LogP contribution is -2.43. The third-order valence-electron chi connectivity index (χ3n) is 5.55. The minimum absolute atomic E-state index is 0. The summed E-state index contributed by atoms with van der Waals surface area (Å²) in [6.45, 7) is 9.46. The summed E-state index contributed by atoms with van der Waals surface area (Å²) < 4.78 is 17.5. The van der Waals surface area contributed by atoms with Gasteiger partial charge in [-0.15, -0.1) is 24.0 Å². The van der Waals surface area contributed by atoms with Crippen molar-refractivity contribution in [3.05, 3.63) is 53.5 Å². The number of benzene rings is 1. The van der Waals surface area contributed by atoms with Crippen LogP contribution in [0.15, 0.2) is 45.8 Å². The Bertz CT molecular complexity index is 826. The fourth-order valence-corrected chi connectivity index (χ4v) is 4.00. The van der Waals surface area contributed by atoms with Crippen molar-refractivity contribution in [1.82, 2.24) is 15.5 Å². The number of guanidine groups is 1. The molecule has 2 aromatic rings. The summed E-state index contributed by atoms with van der Waals surface area (Å²) in [5.74, 6) is 3.68. The normalized spacial score (nSPS) is 19.8. The Labute approximate surface area is 201 Å². The fourth-order valence-electron chi connectivity index (χ4n) is 4.00. The number of nitrogens with zero attached hydrogens (tertiary/aromatic N) is 2. The van der Waals surface area contributed by atoms with Gasteiger partial charge in [0.15, 0.2) is 5.96 Å². The molecule has 31 heavy (non-hydrogen) atoms. The molecule has 1 aromatic heterocycles. The lowest BCUT2D eigenvalue weighted by atomic mass is 10.1. The van der Waals surface area contributed by atoms with Crippen molar-refractivity contribution in [1.29, 1.82) is 0 Å². The molecule has 2 aliphatic rings.